The SMILES string of the molecule is FC(Cc1ccnc2ccccc12)C1CCCNC1. The molecule has 0 radical (unpaired) electrons. The van der Waals surface area contributed by atoms with Crippen LogP contribution >= 0.6 is 0 Å². The van der Waals surface area contributed by atoms with Gasteiger partial charge in [-0.15, -0.1) is 0 Å². The molecule has 2 aromatic rings. The molecule has 1 N–H and O–H groups in total. The minimum atomic E-state index is -0.765. The van der Waals surface area contributed by atoms with Gasteiger partial charge in [0.2, 0.25) is 0 Å². The van der Waals surface area contributed by atoms with Gasteiger partial charge in [0.15, 0.2) is 0 Å². The molecular weight excluding hydrogens is 239 g/mol. The van der Waals surface area contributed by atoms with Crippen LogP contribution in [0.4, 0.5) is 4.39 Å². The highest BCUT2D eigenvalue weighted by atomic mass is 19.1. The number of benzene rings is 1. The first-order valence-corrected chi connectivity index (χ1v) is 7.02. The first kappa shape index (κ1) is 12.5. The lowest BCUT2D eigenvalue weighted by atomic mass is 9.90. The van der Waals surface area contributed by atoms with Crippen LogP contribution in [0.5, 0.6) is 0 Å². The summed E-state index contributed by atoms with van der Waals surface area (Å²) < 4.78 is 14.4. The van der Waals surface area contributed by atoms with E-state index in [0.29, 0.717) is 6.42 Å². The Morgan fingerprint density at radius 2 is 2.21 bits per heavy atom. The van der Waals surface area contributed by atoms with Crippen LogP contribution in [-0.4, -0.2) is 24.2 Å². The molecule has 0 aliphatic carbocycles. The fourth-order valence-electron chi connectivity index (χ4n) is 2.90. The van der Waals surface area contributed by atoms with E-state index in [1.165, 1.54) is 0 Å². The molecule has 2 atom stereocenters. The maximum absolute atomic E-state index is 14.4. The summed E-state index contributed by atoms with van der Waals surface area (Å²) >= 11 is 0. The van der Waals surface area contributed by atoms with Crippen LogP contribution in [0.15, 0.2) is 36.5 Å². The number of hydrogen-bond acceptors (Lipinski definition) is 2. The normalized spacial score (nSPS) is 21.4. The Hall–Kier alpha value is -1.48. The lowest BCUT2D eigenvalue weighted by Crippen LogP contribution is -2.35. The molecule has 1 aromatic carbocycles. The highest BCUT2D eigenvalue weighted by molar-refractivity contribution is 5.81. The highest BCUT2D eigenvalue weighted by Crippen LogP contribution is 2.24. The Labute approximate surface area is 113 Å². The summed E-state index contributed by atoms with van der Waals surface area (Å²) in [6.07, 6.45) is 3.59. The van der Waals surface area contributed by atoms with Gasteiger partial charge in [-0.1, -0.05) is 18.2 Å². The van der Waals surface area contributed by atoms with Gasteiger partial charge in [0.1, 0.15) is 6.17 Å². The van der Waals surface area contributed by atoms with Gasteiger partial charge in [-0.05, 0) is 37.1 Å². The minimum absolute atomic E-state index is 0.153. The van der Waals surface area contributed by atoms with E-state index in [2.05, 4.69) is 10.3 Å². The lowest BCUT2D eigenvalue weighted by molar-refractivity contribution is 0.191. The van der Waals surface area contributed by atoms with Gasteiger partial charge < -0.3 is 5.32 Å². The van der Waals surface area contributed by atoms with Gasteiger partial charge in [0, 0.05) is 30.5 Å². The monoisotopic (exact) mass is 258 g/mol. The molecule has 1 saturated heterocycles. The summed E-state index contributed by atoms with van der Waals surface area (Å²) in [4.78, 5) is 4.33. The molecule has 0 bridgehead atoms. The molecule has 2 unspecified atom stereocenters. The summed E-state index contributed by atoms with van der Waals surface area (Å²) in [5, 5.41) is 4.37. The molecule has 100 valence electrons. The topological polar surface area (TPSA) is 24.9 Å². The summed E-state index contributed by atoms with van der Waals surface area (Å²) in [5.41, 5.74) is 2.03. The number of pyridine rings is 1. The van der Waals surface area contributed by atoms with Crippen molar-refractivity contribution >= 4 is 10.9 Å². The number of alkyl halides is 1. The molecule has 3 rings (SSSR count). The van der Waals surface area contributed by atoms with Crippen LogP contribution in [0.2, 0.25) is 0 Å². The maximum atomic E-state index is 14.4. The van der Waals surface area contributed by atoms with Gasteiger partial charge in [-0.3, -0.25) is 4.98 Å². The average Bonchev–Trinajstić information content (AvgIpc) is 2.48. The van der Waals surface area contributed by atoms with E-state index in [1.54, 1.807) is 6.20 Å². The minimum Gasteiger partial charge on any atom is -0.316 e. The first-order chi connectivity index (χ1) is 9.34. The van der Waals surface area contributed by atoms with Crippen molar-refractivity contribution in [3.63, 3.8) is 0 Å². The van der Waals surface area contributed by atoms with E-state index >= 15 is 0 Å². The third kappa shape index (κ3) is 2.76. The third-order valence-electron chi connectivity index (χ3n) is 4.00. The highest BCUT2D eigenvalue weighted by Gasteiger charge is 2.23. The first-order valence-electron chi connectivity index (χ1n) is 7.02. The number of halogens is 1. The fourth-order valence-corrected chi connectivity index (χ4v) is 2.90. The van der Waals surface area contributed by atoms with Crippen molar-refractivity contribution in [1.29, 1.82) is 0 Å². The van der Waals surface area contributed by atoms with Crippen molar-refractivity contribution in [3.05, 3.63) is 42.1 Å². The summed E-state index contributed by atoms with van der Waals surface area (Å²) in [5.74, 6) is 0.153. The van der Waals surface area contributed by atoms with Crippen molar-refractivity contribution in [3.8, 4) is 0 Å². The van der Waals surface area contributed by atoms with Gasteiger partial charge in [0.25, 0.3) is 0 Å². The second-order valence-corrected chi connectivity index (χ2v) is 5.31. The predicted octanol–water partition coefficient (Wildman–Crippen LogP) is 3.12. The van der Waals surface area contributed by atoms with E-state index < -0.39 is 6.17 Å². The number of para-hydroxylation sites is 1. The second kappa shape index (κ2) is 5.66. The molecule has 1 aliphatic heterocycles. The molecule has 0 amide bonds. The maximum Gasteiger partial charge on any atom is 0.108 e. The van der Waals surface area contributed by atoms with E-state index in [1.807, 2.05) is 30.3 Å². The number of piperidine rings is 1. The molecule has 3 heteroatoms. The smallest absolute Gasteiger partial charge is 0.108 e. The Bertz CT molecular complexity index is 544. The Kier molecular flexibility index (Phi) is 3.74. The van der Waals surface area contributed by atoms with Gasteiger partial charge in [0.05, 0.1) is 5.52 Å². The van der Waals surface area contributed by atoms with E-state index in [9.17, 15) is 4.39 Å². The van der Waals surface area contributed by atoms with Crippen molar-refractivity contribution in [2.24, 2.45) is 5.92 Å². The number of hydrogen-bond donors (Lipinski definition) is 1. The van der Waals surface area contributed by atoms with Crippen molar-refractivity contribution in [1.82, 2.24) is 10.3 Å². The Morgan fingerprint density at radius 3 is 3.05 bits per heavy atom. The Morgan fingerprint density at radius 1 is 1.32 bits per heavy atom. The zero-order chi connectivity index (χ0) is 13.1. The summed E-state index contributed by atoms with van der Waals surface area (Å²) in [6, 6.07) is 9.92. The predicted molar refractivity (Wildman–Crippen MR) is 75.9 cm³/mol. The van der Waals surface area contributed by atoms with Crippen molar-refractivity contribution in [2.75, 3.05) is 13.1 Å². The summed E-state index contributed by atoms with van der Waals surface area (Å²) in [6.45, 7) is 1.84. The zero-order valence-electron chi connectivity index (χ0n) is 11.0. The van der Waals surface area contributed by atoms with E-state index in [4.69, 9.17) is 0 Å². The molecule has 0 spiro atoms. The van der Waals surface area contributed by atoms with Gasteiger partial charge in [-0.2, -0.15) is 0 Å². The molecule has 1 fully saturated rings. The van der Waals surface area contributed by atoms with E-state index in [-0.39, 0.29) is 5.92 Å². The van der Waals surface area contributed by atoms with Crippen LogP contribution in [0, 0.1) is 5.92 Å². The van der Waals surface area contributed by atoms with Gasteiger partial charge in [-0.25, -0.2) is 4.39 Å². The molecule has 1 aromatic heterocycles. The molecule has 19 heavy (non-hydrogen) atoms. The standard InChI is InChI=1S/C16H19FN2/c17-15(13-4-3-8-18-11-13)10-12-7-9-19-16-6-2-1-5-14(12)16/h1-2,5-7,9,13,15,18H,3-4,8,10-11H2. The molecule has 0 saturated carbocycles. The largest absolute Gasteiger partial charge is 0.316 e. The van der Waals surface area contributed by atoms with Crippen molar-refractivity contribution < 1.29 is 4.39 Å². The second-order valence-electron chi connectivity index (χ2n) is 5.31. The molecule has 2 nitrogen and oxygen atoms in total. The average molecular weight is 258 g/mol. The molecule has 2 heterocycles. The van der Waals surface area contributed by atoms with Crippen molar-refractivity contribution in [2.45, 2.75) is 25.4 Å². The van der Waals surface area contributed by atoms with Crippen LogP contribution < -0.4 is 5.32 Å². The molecule has 1 aliphatic rings. The van der Waals surface area contributed by atoms with E-state index in [0.717, 1.165) is 42.4 Å². The molecular formula is C16H19FN2. The fraction of sp³-hybridized carbons (Fsp3) is 0.438. The number of fused-ring (bicyclic) bond motifs is 1. The van der Waals surface area contributed by atoms with Crippen LogP contribution in [0.1, 0.15) is 18.4 Å². The Balaban J connectivity index is 1.80. The lowest BCUT2D eigenvalue weighted by Gasteiger charge is -2.26. The van der Waals surface area contributed by atoms with Crippen LogP contribution in [-0.2, 0) is 6.42 Å². The third-order valence-corrected chi connectivity index (χ3v) is 4.00. The van der Waals surface area contributed by atoms with Gasteiger partial charge >= 0.3 is 0 Å². The number of nitrogens with zero attached hydrogens (tertiary/aromatic N) is 1. The van der Waals surface area contributed by atoms with Crippen LogP contribution in [0.3, 0.4) is 0 Å². The van der Waals surface area contributed by atoms with Crippen LogP contribution in [0.25, 0.3) is 10.9 Å². The summed E-state index contributed by atoms with van der Waals surface area (Å²) in [7, 11) is 0. The number of aromatic nitrogens is 1. The zero-order valence-corrected chi connectivity index (χ0v) is 11.0. The quantitative estimate of drug-likeness (QED) is 0.915. The number of nitrogens with one attached hydrogen (secondary N) is 1. The number of rotatable bonds is 3.